The molecule has 1 aliphatic rings. The van der Waals surface area contributed by atoms with Crippen molar-refractivity contribution in [2.45, 2.75) is 20.3 Å². The van der Waals surface area contributed by atoms with Gasteiger partial charge in [0.25, 0.3) is 0 Å². The Morgan fingerprint density at radius 1 is 1.24 bits per heavy atom. The summed E-state index contributed by atoms with van der Waals surface area (Å²) in [6, 6.07) is 6.52. The first kappa shape index (κ1) is 13.8. The minimum Gasteiger partial charge on any atom is -0.313 e. The van der Waals surface area contributed by atoms with Gasteiger partial charge in [-0.1, -0.05) is 18.2 Å². The maximum atomic E-state index is 9.03. The van der Waals surface area contributed by atoms with Crippen molar-refractivity contribution in [3.63, 3.8) is 0 Å². The van der Waals surface area contributed by atoms with Crippen LogP contribution in [0.4, 0.5) is 0 Å². The molecule has 0 saturated carbocycles. The molecule has 0 radical (unpaired) electrons. The largest absolute Gasteiger partial charge is 0.313 e. The van der Waals surface area contributed by atoms with E-state index in [1.165, 1.54) is 11.1 Å². The average molecular weight is 249 g/mol. The second-order valence-electron chi connectivity index (χ2n) is 4.28. The van der Waals surface area contributed by atoms with Gasteiger partial charge in [0.05, 0.1) is 11.6 Å². The molecule has 1 aliphatic heterocycles. The molecule has 0 bridgehead atoms. The van der Waals surface area contributed by atoms with Crippen LogP contribution < -0.4 is 5.32 Å². The molecule has 0 aliphatic carbocycles. The Bertz CT molecular complexity index is 460. The molecule has 1 N–H and O–H groups in total. The molecule has 0 fully saturated rings. The fraction of sp³-hybridized carbons (Fsp3) is 0.357. The fourth-order valence-corrected chi connectivity index (χ4v) is 2.21. The summed E-state index contributed by atoms with van der Waals surface area (Å²) in [7, 11) is 0. The molecule has 2 rings (SSSR count). The molecular formula is C14H17ClN2. The van der Waals surface area contributed by atoms with E-state index < -0.39 is 0 Å². The topological polar surface area (TPSA) is 35.8 Å². The number of aryl methyl sites for hydroxylation is 2. The number of halogens is 1. The number of benzene rings is 1. The second-order valence-corrected chi connectivity index (χ2v) is 4.28. The third kappa shape index (κ3) is 2.88. The zero-order valence-corrected chi connectivity index (χ0v) is 11.0. The number of nitriles is 1. The Hall–Kier alpha value is -1.30. The maximum Gasteiger partial charge on any atom is 0.0997 e. The third-order valence-corrected chi connectivity index (χ3v) is 3.08. The van der Waals surface area contributed by atoms with Gasteiger partial charge in [-0.2, -0.15) is 5.26 Å². The van der Waals surface area contributed by atoms with Crippen LogP contribution in [0.3, 0.4) is 0 Å². The summed E-state index contributed by atoms with van der Waals surface area (Å²) in [4.78, 5) is 0. The van der Waals surface area contributed by atoms with Crippen molar-refractivity contribution in [3.05, 3.63) is 40.5 Å². The van der Waals surface area contributed by atoms with Crippen LogP contribution in [0, 0.1) is 25.2 Å². The number of nitrogens with zero attached hydrogens (tertiary/aromatic N) is 1. The van der Waals surface area contributed by atoms with E-state index >= 15 is 0 Å². The summed E-state index contributed by atoms with van der Waals surface area (Å²) in [5, 5.41) is 12.3. The van der Waals surface area contributed by atoms with Gasteiger partial charge < -0.3 is 5.32 Å². The van der Waals surface area contributed by atoms with E-state index in [9.17, 15) is 0 Å². The van der Waals surface area contributed by atoms with E-state index in [0.29, 0.717) is 0 Å². The van der Waals surface area contributed by atoms with Gasteiger partial charge >= 0.3 is 0 Å². The molecule has 0 amide bonds. The lowest BCUT2D eigenvalue weighted by molar-refractivity contribution is 0.738. The smallest absolute Gasteiger partial charge is 0.0997 e. The minimum atomic E-state index is 0. The predicted octanol–water partition coefficient (Wildman–Crippen LogP) is 2.97. The number of nitrogens with one attached hydrogen (secondary N) is 1. The van der Waals surface area contributed by atoms with Gasteiger partial charge in [0.2, 0.25) is 0 Å². The van der Waals surface area contributed by atoms with Crippen molar-refractivity contribution in [1.82, 2.24) is 5.32 Å². The quantitative estimate of drug-likeness (QED) is 0.830. The summed E-state index contributed by atoms with van der Waals surface area (Å²) < 4.78 is 0. The molecule has 1 aromatic carbocycles. The molecule has 90 valence electrons. The van der Waals surface area contributed by atoms with E-state index in [2.05, 4.69) is 29.6 Å². The number of rotatable bonds is 1. The fourth-order valence-electron chi connectivity index (χ4n) is 2.21. The highest BCUT2D eigenvalue weighted by Crippen LogP contribution is 2.24. The van der Waals surface area contributed by atoms with Gasteiger partial charge in [-0.25, -0.2) is 0 Å². The molecule has 17 heavy (non-hydrogen) atoms. The monoisotopic (exact) mass is 248 g/mol. The Morgan fingerprint density at radius 3 is 2.35 bits per heavy atom. The van der Waals surface area contributed by atoms with Gasteiger partial charge in [0.1, 0.15) is 0 Å². The van der Waals surface area contributed by atoms with E-state index in [1.54, 1.807) is 0 Å². The molecule has 0 saturated heterocycles. The summed E-state index contributed by atoms with van der Waals surface area (Å²) in [5.74, 6) is 0. The van der Waals surface area contributed by atoms with E-state index in [1.807, 2.05) is 13.8 Å². The zero-order chi connectivity index (χ0) is 11.5. The van der Waals surface area contributed by atoms with Gasteiger partial charge in [-0.3, -0.25) is 0 Å². The Labute approximate surface area is 109 Å². The van der Waals surface area contributed by atoms with Gasteiger partial charge in [-0.15, -0.1) is 12.4 Å². The van der Waals surface area contributed by atoms with Crippen LogP contribution in [0.2, 0.25) is 0 Å². The third-order valence-electron chi connectivity index (χ3n) is 3.08. The van der Waals surface area contributed by atoms with Gasteiger partial charge in [0, 0.05) is 6.54 Å². The predicted molar refractivity (Wildman–Crippen MR) is 73.3 cm³/mol. The molecule has 0 aromatic heterocycles. The first-order valence-corrected chi connectivity index (χ1v) is 5.64. The van der Waals surface area contributed by atoms with Crippen LogP contribution in [0.1, 0.15) is 28.7 Å². The lowest BCUT2D eigenvalue weighted by Gasteiger charge is -2.16. The molecule has 2 nitrogen and oxygen atoms in total. The lowest BCUT2D eigenvalue weighted by atomic mass is 9.93. The number of hydrogen-bond donors (Lipinski definition) is 1. The molecule has 0 unspecified atom stereocenters. The zero-order valence-electron chi connectivity index (χ0n) is 10.2. The van der Waals surface area contributed by atoms with Gasteiger partial charge in [-0.05, 0) is 49.1 Å². The van der Waals surface area contributed by atoms with Crippen molar-refractivity contribution in [2.75, 3.05) is 13.1 Å². The van der Waals surface area contributed by atoms with Crippen molar-refractivity contribution in [3.8, 4) is 6.07 Å². The van der Waals surface area contributed by atoms with Crippen molar-refractivity contribution in [1.29, 1.82) is 5.26 Å². The van der Waals surface area contributed by atoms with Crippen LogP contribution >= 0.6 is 12.4 Å². The summed E-state index contributed by atoms with van der Waals surface area (Å²) in [6.45, 7) is 6.02. The van der Waals surface area contributed by atoms with Crippen LogP contribution in [-0.4, -0.2) is 13.1 Å². The van der Waals surface area contributed by atoms with Crippen LogP contribution in [0.15, 0.2) is 18.2 Å². The average Bonchev–Trinajstić information content (AvgIpc) is 2.30. The summed E-state index contributed by atoms with van der Waals surface area (Å²) >= 11 is 0. The van der Waals surface area contributed by atoms with E-state index in [0.717, 1.165) is 36.2 Å². The normalized spacial score (nSPS) is 14.5. The second kappa shape index (κ2) is 5.86. The van der Waals surface area contributed by atoms with Crippen LogP contribution in [0.25, 0.3) is 5.57 Å². The van der Waals surface area contributed by atoms with Gasteiger partial charge in [0.15, 0.2) is 0 Å². The molecule has 1 heterocycles. The van der Waals surface area contributed by atoms with Crippen molar-refractivity contribution < 1.29 is 0 Å². The first-order valence-electron chi connectivity index (χ1n) is 5.64. The molecule has 1 aromatic rings. The number of hydrogen-bond acceptors (Lipinski definition) is 2. The summed E-state index contributed by atoms with van der Waals surface area (Å²) in [6.07, 6.45) is 3.31. The standard InChI is InChI=1S/C14H16N2.ClH/c1-10-7-13(8-11(2)14(10)9-15)12-3-5-16-6-4-12;/h3,7-8,16H,4-6H2,1-2H3;1H. The Kier molecular flexibility index (Phi) is 4.74. The summed E-state index contributed by atoms with van der Waals surface area (Å²) in [5.41, 5.74) is 5.65. The van der Waals surface area contributed by atoms with Crippen molar-refractivity contribution in [2.24, 2.45) is 0 Å². The van der Waals surface area contributed by atoms with Crippen LogP contribution in [-0.2, 0) is 0 Å². The Balaban J connectivity index is 0.00000144. The highest BCUT2D eigenvalue weighted by Gasteiger charge is 2.09. The highest BCUT2D eigenvalue weighted by molar-refractivity contribution is 5.85. The lowest BCUT2D eigenvalue weighted by Crippen LogP contribution is -2.20. The maximum absolute atomic E-state index is 9.03. The van der Waals surface area contributed by atoms with E-state index in [4.69, 9.17) is 5.26 Å². The highest BCUT2D eigenvalue weighted by atomic mass is 35.5. The molecular weight excluding hydrogens is 232 g/mol. The first-order chi connectivity index (χ1) is 7.72. The molecule has 0 spiro atoms. The molecule has 0 atom stereocenters. The van der Waals surface area contributed by atoms with E-state index in [-0.39, 0.29) is 12.4 Å². The van der Waals surface area contributed by atoms with Crippen LogP contribution in [0.5, 0.6) is 0 Å². The Morgan fingerprint density at radius 2 is 1.88 bits per heavy atom. The molecule has 3 heteroatoms. The SMILES string of the molecule is Cc1cc(C2=CCNCC2)cc(C)c1C#N.Cl. The van der Waals surface area contributed by atoms with Crippen molar-refractivity contribution >= 4 is 18.0 Å². The minimum absolute atomic E-state index is 0.